The standard InChI is InChI=1S/C22H35BN4O4/c1-14(13-29-6)25-20-24-12-19-17(23-30-21(2,3)22(4,5)31-23)11-18(27(19)26-20)15-7-9-16(28)10-8-15/h11-12,14-16,28H,7-10,13H2,1-6H3,(H,25,26). The quantitative estimate of drug-likeness (QED) is 0.681. The molecule has 1 saturated carbocycles. The van der Waals surface area contributed by atoms with Gasteiger partial charge < -0.3 is 24.5 Å². The third kappa shape index (κ3) is 4.33. The van der Waals surface area contributed by atoms with Crippen LogP contribution >= 0.6 is 0 Å². The van der Waals surface area contributed by atoms with Crippen molar-refractivity contribution in [2.24, 2.45) is 0 Å². The fraction of sp³-hybridized carbons (Fsp3) is 0.727. The molecule has 4 rings (SSSR count). The Morgan fingerprint density at radius 2 is 1.87 bits per heavy atom. The van der Waals surface area contributed by atoms with Gasteiger partial charge in [-0.15, -0.1) is 5.10 Å². The van der Waals surface area contributed by atoms with E-state index in [0.29, 0.717) is 18.5 Å². The molecule has 1 aliphatic heterocycles. The summed E-state index contributed by atoms with van der Waals surface area (Å²) in [7, 11) is 1.21. The van der Waals surface area contributed by atoms with Crippen LogP contribution in [0.15, 0.2) is 12.3 Å². The summed E-state index contributed by atoms with van der Waals surface area (Å²) in [5.41, 5.74) is 2.13. The maximum atomic E-state index is 9.98. The summed E-state index contributed by atoms with van der Waals surface area (Å²) in [4.78, 5) is 4.55. The van der Waals surface area contributed by atoms with Crippen molar-refractivity contribution in [1.82, 2.24) is 14.6 Å². The fourth-order valence-electron chi connectivity index (χ4n) is 4.44. The minimum atomic E-state index is -0.474. The lowest BCUT2D eigenvalue weighted by Crippen LogP contribution is -2.41. The lowest BCUT2D eigenvalue weighted by atomic mass is 9.78. The van der Waals surface area contributed by atoms with E-state index < -0.39 is 18.3 Å². The summed E-state index contributed by atoms with van der Waals surface area (Å²) in [5, 5.41) is 18.1. The first-order valence-electron chi connectivity index (χ1n) is 11.3. The van der Waals surface area contributed by atoms with Gasteiger partial charge in [-0.25, -0.2) is 9.50 Å². The highest BCUT2D eigenvalue weighted by atomic mass is 16.7. The normalized spacial score (nSPS) is 26.4. The van der Waals surface area contributed by atoms with E-state index in [4.69, 9.17) is 19.1 Å². The van der Waals surface area contributed by atoms with E-state index >= 15 is 0 Å². The molecule has 2 aromatic heterocycles. The molecule has 0 aromatic carbocycles. The van der Waals surface area contributed by atoms with E-state index in [0.717, 1.165) is 42.4 Å². The number of rotatable bonds is 6. The molecule has 8 nitrogen and oxygen atoms in total. The molecule has 1 atom stereocenters. The number of hydrogen-bond acceptors (Lipinski definition) is 7. The van der Waals surface area contributed by atoms with Gasteiger partial charge in [0.25, 0.3) is 0 Å². The number of fused-ring (bicyclic) bond motifs is 1. The first-order chi connectivity index (χ1) is 14.6. The van der Waals surface area contributed by atoms with Gasteiger partial charge in [-0.2, -0.15) is 0 Å². The van der Waals surface area contributed by atoms with Gasteiger partial charge in [0.1, 0.15) is 0 Å². The monoisotopic (exact) mass is 430 g/mol. The molecule has 2 aliphatic rings. The predicted octanol–water partition coefficient (Wildman–Crippen LogP) is 2.49. The van der Waals surface area contributed by atoms with Crippen LogP contribution in [-0.4, -0.2) is 63.9 Å². The van der Waals surface area contributed by atoms with Gasteiger partial charge >= 0.3 is 7.12 Å². The number of aromatic nitrogens is 3. The smallest absolute Gasteiger partial charge is 0.399 e. The number of hydrogen-bond donors (Lipinski definition) is 2. The molecule has 1 unspecified atom stereocenters. The van der Waals surface area contributed by atoms with Crippen molar-refractivity contribution >= 4 is 24.0 Å². The Labute approximate surface area is 184 Å². The van der Waals surface area contributed by atoms with Gasteiger partial charge in [0.05, 0.1) is 35.6 Å². The Balaban J connectivity index is 1.73. The molecule has 0 spiro atoms. The largest absolute Gasteiger partial charge is 0.497 e. The SMILES string of the molecule is COCC(C)Nc1ncc2c(B3OC(C)(C)C(C)(C)O3)cc(C3CCC(O)CC3)n2n1. The summed E-state index contributed by atoms with van der Waals surface area (Å²) in [6.45, 7) is 10.8. The first kappa shape index (κ1) is 22.5. The lowest BCUT2D eigenvalue weighted by molar-refractivity contribution is 0.00578. The van der Waals surface area contributed by atoms with Crippen LogP contribution in [0.4, 0.5) is 5.95 Å². The van der Waals surface area contributed by atoms with Crippen LogP contribution < -0.4 is 10.8 Å². The lowest BCUT2D eigenvalue weighted by Gasteiger charge is -2.32. The van der Waals surface area contributed by atoms with Crippen LogP contribution in [-0.2, 0) is 14.0 Å². The van der Waals surface area contributed by atoms with E-state index in [1.54, 1.807) is 7.11 Å². The number of methoxy groups -OCH3 is 1. The number of nitrogens with zero attached hydrogens (tertiary/aromatic N) is 3. The van der Waals surface area contributed by atoms with Crippen LogP contribution in [0.25, 0.3) is 5.52 Å². The second-order valence-corrected chi connectivity index (χ2v) is 10.00. The number of aliphatic hydroxyl groups is 1. The summed E-state index contributed by atoms with van der Waals surface area (Å²) in [6.07, 6.45) is 5.13. The molecule has 3 heterocycles. The average molecular weight is 430 g/mol. The molecular formula is C22H35BN4O4. The van der Waals surface area contributed by atoms with Crippen LogP contribution in [0.5, 0.6) is 0 Å². The zero-order chi connectivity index (χ0) is 22.4. The molecule has 0 radical (unpaired) electrons. The van der Waals surface area contributed by atoms with Crippen molar-refractivity contribution in [3.63, 3.8) is 0 Å². The van der Waals surface area contributed by atoms with Crippen molar-refractivity contribution in [3.8, 4) is 0 Å². The highest BCUT2D eigenvalue weighted by molar-refractivity contribution is 6.64. The molecular weight excluding hydrogens is 395 g/mol. The van der Waals surface area contributed by atoms with Crippen LogP contribution in [0, 0.1) is 0 Å². The van der Waals surface area contributed by atoms with Gasteiger partial charge in [0.15, 0.2) is 0 Å². The summed E-state index contributed by atoms with van der Waals surface area (Å²) in [6, 6.07) is 2.26. The van der Waals surface area contributed by atoms with E-state index in [2.05, 4.69) is 44.1 Å². The van der Waals surface area contributed by atoms with Gasteiger partial charge in [-0.1, -0.05) is 0 Å². The van der Waals surface area contributed by atoms with E-state index in [1.807, 2.05) is 17.6 Å². The molecule has 9 heteroatoms. The highest BCUT2D eigenvalue weighted by Gasteiger charge is 2.52. The first-order valence-corrected chi connectivity index (χ1v) is 11.3. The summed E-state index contributed by atoms with van der Waals surface area (Å²) in [5.74, 6) is 0.886. The molecule has 2 aromatic rings. The van der Waals surface area contributed by atoms with Crippen LogP contribution in [0.1, 0.15) is 71.9 Å². The van der Waals surface area contributed by atoms with Crippen LogP contribution in [0.2, 0.25) is 0 Å². The Bertz CT molecular complexity index is 908. The highest BCUT2D eigenvalue weighted by Crippen LogP contribution is 2.38. The van der Waals surface area contributed by atoms with E-state index in [1.165, 1.54) is 0 Å². The van der Waals surface area contributed by atoms with Gasteiger partial charge in [-0.05, 0) is 66.4 Å². The van der Waals surface area contributed by atoms with Gasteiger partial charge in [-0.3, -0.25) is 0 Å². The number of ether oxygens (including phenoxy) is 1. The summed E-state index contributed by atoms with van der Waals surface area (Å²) >= 11 is 0. The average Bonchev–Trinajstić information content (AvgIpc) is 3.16. The van der Waals surface area contributed by atoms with Crippen molar-refractivity contribution in [1.29, 1.82) is 0 Å². The molecule has 2 N–H and O–H groups in total. The molecule has 31 heavy (non-hydrogen) atoms. The topological polar surface area (TPSA) is 90.1 Å². The van der Waals surface area contributed by atoms with Crippen molar-refractivity contribution in [2.75, 3.05) is 19.0 Å². The molecule has 1 aliphatic carbocycles. The van der Waals surface area contributed by atoms with E-state index in [-0.39, 0.29) is 12.1 Å². The maximum Gasteiger partial charge on any atom is 0.497 e. The Kier molecular flexibility index (Phi) is 6.07. The third-order valence-electron chi connectivity index (χ3n) is 6.99. The number of anilines is 1. The fourth-order valence-corrected chi connectivity index (χ4v) is 4.44. The van der Waals surface area contributed by atoms with Crippen molar-refractivity contribution in [3.05, 3.63) is 18.0 Å². The molecule has 0 bridgehead atoms. The zero-order valence-corrected chi connectivity index (χ0v) is 19.5. The second-order valence-electron chi connectivity index (χ2n) is 10.00. The molecule has 170 valence electrons. The van der Waals surface area contributed by atoms with Crippen LogP contribution in [0.3, 0.4) is 0 Å². The minimum Gasteiger partial charge on any atom is -0.399 e. The molecule has 2 fully saturated rings. The number of nitrogens with one attached hydrogen (secondary N) is 1. The van der Waals surface area contributed by atoms with Crippen molar-refractivity contribution < 1.29 is 19.2 Å². The van der Waals surface area contributed by atoms with Crippen molar-refractivity contribution in [2.45, 2.75) is 89.6 Å². The predicted molar refractivity (Wildman–Crippen MR) is 121 cm³/mol. The van der Waals surface area contributed by atoms with E-state index in [9.17, 15) is 5.11 Å². The zero-order valence-electron chi connectivity index (χ0n) is 19.5. The Morgan fingerprint density at radius 3 is 2.48 bits per heavy atom. The Morgan fingerprint density at radius 1 is 1.23 bits per heavy atom. The van der Waals surface area contributed by atoms with Gasteiger partial charge in [0.2, 0.25) is 5.95 Å². The second kappa shape index (κ2) is 8.35. The molecule has 0 amide bonds. The summed E-state index contributed by atoms with van der Waals surface area (Å²) < 4.78 is 19.9. The number of aliphatic hydroxyl groups excluding tert-OH is 1. The Hall–Kier alpha value is -1.68. The van der Waals surface area contributed by atoms with Gasteiger partial charge in [0, 0.05) is 30.2 Å². The third-order valence-corrected chi connectivity index (χ3v) is 6.99. The minimum absolute atomic E-state index is 0.0915. The molecule has 1 saturated heterocycles. The maximum absolute atomic E-state index is 9.98.